The summed E-state index contributed by atoms with van der Waals surface area (Å²) < 4.78 is 22.6. The Morgan fingerprint density at radius 1 is 1.46 bits per heavy atom. The van der Waals surface area contributed by atoms with Crippen LogP contribution in [0.5, 0.6) is 0 Å². The Kier molecular flexibility index (Phi) is 3.48. The van der Waals surface area contributed by atoms with E-state index in [1.165, 1.54) is 12.4 Å². The van der Waals surface area contributed by atoms with Crippen molar-refractivity contribution in [1.29, 1.82) is 0 Å². The van der Waals surface area contributed by atoms with E-state index in [0.717, 1.165) is 5.56 Å². The highest BCUT2D eigenvalue weighted by atomic mass is 32.2. The molecule has 0 heterocycles. The molecule has 0 aliphatic carbocycles. The molecule has 0 radical (unpaired) electrons. The average Bonchev–Trinajstić information content (AvgIpc) is 2.17. The fraction of sp³-hybridized carbons (Fsp3) is 0.222. The van der Waals surface area contributed by atoms with Crippen LogP contribution in [0, 0.1) is 0 Å². The predicted octanol–water partition coefficient (Wildman–Crippen LogP) is 0.923. The molecule has 4 heteroatoms. The van der Waals surface area contributed by atoms with Gasteiger partial charge < -0.3 is 4.55 Å². The second-order valence-electron chi connectivity index (χ2n) is 2.63. The van der Waals surface area contributed by atoms with E-state index in [-0.39, 0.29) is 0 Å². The molecular formula is C9H13NO2S. The van der Waals surface area contributed by atoms with E-state index in [0.29, 0.717) is 6.42 Å². The van der Waals surface area contributed by atoms with Crippen molar-refractivity contribution < 1.29 is 8.76 Å². The quantitative estimate of drug-likeness (QED) is 0.711. The van der Waals surface area contributed by atoms with Crippen molar-refractivity contribution in [2.75, 3.05) is 7.05 Å². The van der Waals surface area contributed by atoms with Gasteiger partial charge in [-0.15, -0.1) is 0 Å². The molecular weight excluding hydrogens is 186 g/mol. The molecule has 0 spiro atoms. The Balaban J connectivity index is 2.73. The van der Waals surface area contributed by atoms with Crippen LogP contribution < -0.4 is 4.72 Å². The van der Waals surface area contributed by atoms with Gasteiger partial charge in [-0.1, -0.05) is 30.3 Å². The molecule has 0 bridgehead atoms. The summed E-state index contributed by atoms with van der Waals surface area (Å²) in [6.07, 6.45) is 0.497. The Labute approximate surface area is 78.8 Å². The summed E-state index contributed by atoms with van der Waals surface area (Å²) >= 11 is 0. The maximum atomic E-state index is 11.1. The lowest BCUT2D eigenvalue weighted by Crippen LogP contribution is -2.20. The van der Waals surface area contributed by atoms with Gasteiger partial charge in [-0.25, -0.2) is 8.93 Å². The molecule has 0 fully saturated rings. The van der Waals surface area contributed by atoms with E-state index in [4.69, 9.17) is 4.55 Å². The zero-order valence-corrected chi connectivity index (χ0v) is 8.25. The molecule has 1 atom stereocenters. The normalized spacial score (nSPS) is 14.9. The van der Waals surface area contributed by atoms with Crippen LogP contribution in [0.25, 0.3) is 0 Å². The highest BCUT2D eigenvalue weighted by molar-refractivity contribution is 7.94. The summed E-state index contributed by atoms with van der Waals surface area (Å²) in [5.41, 5.74) is 1.03. The molecule has 0 aliphatic heterocycles. The third-order valence-corrected chi connectivity index (χ3v) is 2.88. The van der Waals surface area contributed by atoms with E-state index in [1.807, 2.05) is 30.3 Å². The molecule has 1 aromatic rings. The van der Waals surface area contributed by atoms with Gasteiger partial charge in [0, 0.05) is 11.8 Å². The molecule has 0 amide bonds. The zero-order valence-electron chi connectivity index (χ0n) is 7.43. The SMILES string of the molecule is CNS(=O)(O)=CCc1ccccc1. The van der Waals surface area contributed by atoms with Gasteiger partial charge in [-0.05, 0) is 12.6 Å². The van der Waals surface area contributed by atoms with E-state index in [9.17, 15) is 4.21 Å². The Morgan fingerprint density at radius 2 is 2.08 bits per heavy atom. The summed E-state index contributed by atoms with van der Waals surface area (Å²) in [5, 5.41) is 1.38. The van der Waals surface area contributed by atoms with Crippen LogP contribution in [0.2, 0.25) is 0 Å². The van der Waals surface area contributed by atoms with E-state index in [1.54, 1.807) is 0 Å². The first kappa shape index (κ1) is 10.2. The smallest absolute Gasteiger partial charge is 0.141 e. The van der Waals surface area contributed by atoms with Crippen molar-refractivity contribution >= 4 is 15.4 Å². The third kappa shape index (κ3) is 3.59. The number of nitrogens with one attached hydrogen (secondary N) is 1. The standard InChI is InChI=1S/C9H13NO2S/c1-10-13(11,12)8-7-9-5-3-2-4-6-9/h2-6,8H,7H2,1H3,(H2,10,11,12). The Hall–Kier alpha value is -0.840. The average molecular weight is 199 g/mol. The number of hydrogen-bond acceptors (Lipinski definition) is 1. The molecule has 0 saturated heterocycles. The molecule has 72 valence electrons. The van der Waals surface area contributed by atoms with Crippen molar-refractivity contribution in [1.82, 2.24) is 4.72 Å². The number of benzene rings is 1. The van der Waals surface area contributed by atoms with Crippen molar-refractivity contribution in [2.24, 2.45) is 0 Å². The van der Waals surface area contributed by atoms with E-state index >= 15 is 0 Å². The van der Waals surface area contributed by atoms with Gasteiger partial charge in [-0.2, -0.15) is 0 Å². The van der Waals surface area contributed by atoms with Gasteiger partial charge in [-0.3, -0.25) is 0 Å². The number of hydrogen-bond donors (Lipinski definition) is 2. The molecule has 3 nitrogen and oxygen atoms in total. The van der Waals surface area contributed by atoms with Crippen LogP contribution in [0.4, 0.5) is 0 Å². The first-order chi connectivity index (χ1) is 6.14. The Bertz CT molecular complexity index is 366. The summed E-state index contributed by atoms with van der Waals surface area (Å²) in [6, 6.07) is 9.56. The lowest BCUT2D eigenvalue weighted by Gasteiger charge is -2.00. The van der Waals surface area contributed by atoms with Crippen molar-refractivity contribution in [2.45, 2.75) is 6.42 Å². The second-order valence-corrected chi connectivity index (χ2v) is 4.51. The van der Waals surface area contributed by atoms with Crippen LogP contribution in [0.1, 0.15) is 5.56 Å². The summed E-state index contributed by atoms with van der Waals surface area (Å²) in [7, 11) is -1.48. The maximum absolute atomic E-state index is 11.1. The molecule has 13 heavy (non-hydrogen) atoms. The van der Waals surface area contributed by atoms with Crippen molar-refractivity contribution in [3.63, 3.8) is 0 Å². The highest BCUT2D eigenvalue weighted by Crippen LogP contribution is 1.97. The maximum Gasteiger partial charge on any atom is 0.141 e. The number of rotatable bonds is 3. The van der Waals surface area contributed by atoms with Crippen LogP contribution in [-0.4, -0.2) is 21.2 Å². The fourth-order valence-electron chi connectivity index (χ4n) is 0.907. The van der Waals surface area contributed by atoms with Crippen LogP contribution in [0.15, 0.2) is 30.3 Å². The minimum Gasteiger partial charge on any atom is -0.302 e. The monoisotopic (exact) mass is 199 g/mol. The highest BCUT2D eigenvalue weighted by Gasteiger charge is 1.95. The molecule has 0 saturated carbocycles. The zero-order chi connectivity index (χ0) is 9.73. The first-order valence-electron chi connectivity index (χ1n) is 3.96. The molecule has 0 aliphatic rings. The van der Waals surface area contributed by atoms with Crippen LogP contribution in [0.3, 0.4) is 0 Å². The van der Waals surface area contributed by atoms with Crippen molar-refractivity contribution in [3.8, 4) is 0 Å². The van der Waals surface area contributed by atoms with Crippen LogP contribution in [-0.2, 0) is 16.4 Å². The van der Waals surface area contributed by atoms with Gasteiger partial charge in [0.2, 0.25) is 0 Å². The Morgan fingerprint density at radius 3 is 2.62 bits per heavy atom. The largest absolute Gasteiger partial charge is 0.302 e. The van der Waals surface area contributed by atoms with Gasteiger partial charge >= 0.3 is 0 Å². The van der Waals surface area contributed by atoms with Crippen molar-refractivity contribution in [3.05, 3.63) is 35.9 Å². The predicted molar refractivity (Wildman–Crippen MR) is 56.0 cm³/mol. The van der Waals surface area contributed by atoms with Gasteiger partial charge in [0.15, 0.2) is 0 Å². The second kappa shape index (κ2) is 4.41. The van der Waals surface area contributed by atoms with E-state index in [2.05, 4.69) is 4.72 Å². The van der Waals surface area contributed by atoms with Crippen LogP contribution >= 0.6 is 0 Å². The lowest BCUT2D eigenvalue weighted by molar-refractivity contribution is 0.550. The summed E-state index contributed by atoms with van der Waals surface area (Å²) in [5.74, 6) is 0. The fourth-order valence-corrected chi connectivity index (χ4v) is 1.49. The summed E-state index contributed by atoms with van der Waals surface area (Å²) in [6.45, 7) is 0. The minimum atomic E-state index is -2.94. The minimum absolute atomic E-state index is 0.497. The third-order valence-electron chi connectivity index (χ3n) is 1.68. The topological polar surface area (TPSA) is 49.3 Å². The molecule has 0 aromatic heterocycles. The van der Waals surface area contributed by atoms with Gasteiger partial charge in [0.05, 0.1) is 0 Å². The lowest BCUT2D eigenvalue weighted by atomic mass is 10.2. The first-order valence-corrected chi connectivity index (χ1v) is 5.54. The molecule has 1 aromatic carbocycles. The van der Waals surface area contributed by atoms with Gasteiger partial charge in [0.25, 0.3) is 0 Å². The van der Waals surface area contributed by atoms with Gasteiger partial charge in [0.1, 0.15) is 9.99 Å². The molecule has 1 unspecified atom stereocenters. The molecule has 1 rings (SSSR count). The van der Waals surface area contributed by atoms with E-state index < -0.39 is 9.99 Å². The molecule has 2 N–H and O–H groups in total. The summed E-state index contributed by atoms with van der Waals surface area (Å²) in [4.78, 5) is 0.